The van der Waals surface area contributed by atoms with Crippen LogP contribution in [-0.2, 0) is 0 Å². The largest absolute Gasteiger partial charge is 0.355 e. The van der Waals surface area contributed by atoms with E-state index in [2.05, 4.69) is 15.6 Å². The topological polar surface area (TPSA) is 54.0 Å². The summed E-state index contributed by atoms with van der Waals surface area (Å²) in [4.78, 5) is 16.4. The summed E-state index contributed by atoms with van der Waals surface area (Å²) in [5, 5.41) is 5.94. The molecule has 2 aromatic carbocycles. The van der Waals surface area contributed by atoms with Gasteiger partial charge in [-0.05, 0) is 61.4 Å². The SMILES string of the molecule is Cc1ccc(C)c(Nc2ccnc(C(=O)Nc3cccc(F)c3)c2)c1. The average Bonchev–Trinajstić information content (AvgIpc) is 2.58. The molecule has 4 nitrogen and oxygen atoms in total. The van der Waals surface area contributed by atoms with Gasteiger partial charge in [-0.15, -0.1) is 0 Å². The lowest BCUT2D eigenvalue weighted by molar-refractivity contribution is 0.102. The maximum atomic E-state index is 13.2. The summed E-state index contributed by atoms with van der Waals surface area (Å²) in [5.41, 5.74) is 4.62. The van der Waals surface area contributed by atoms with Gasteiger partial charge in [-0.2, -0.15) is 0 Å². The second-order valence-electron chi connectivity index (χ2n) is 5.84. The van der Waals surface area contributed by atoms with Gasteiger partial charge in [0.15, 0.2) is 0 Å². The van der Waals surface area contributed by atoms with Crippen molar-refractivity contribution in [1.29, 1.82) is 0 Å². The molecule has 0 fully saturated rings. The Kier molecular flexibility index (Phi) is 4.75. The lowest BCUT2D eigenvalue weighted by Gasteiger charge is -2.11. The van der Waals surface area contributed by atoms with Crippen molar-refractivity contribution >= 4 is 23.0 Å². The van der Waals surface area contributed by atoms with Crippen LogP contribution < -0.4 is 10.6 Å². The van der Waals surface area contributed by atoms with Crippen molar-refractivity contribution in [2.75, 3.05) is 10.6 Å². The molecule has 0 aliphatic heterocycles. The van der Waals surface area contributed by atoms with Gasteiger partial charge in [0, 0.05) is 23.3 Å². The standard InChI is InChI=1S/C20H18FN3O/c1-13-6-7-14(2)18(10-13)23-17-8-9-22-19(12-17)20(25)24-16-5-3-4-15(21)11-16/h3-12H,1-2H3,(H,22,23)(H,24,25). The number of aryl methyl sites for hydroxylation is 2. The van der Waals surface area contributed by atoms with Gasteiger partial charge in [-0.25, -0.2) is 4.39 Å². The molecule has 0 saturated carbocycles. The zero-order valence-corrected chi connectivity index (χ0v) is 14.0. The Balaban J connectivity index is 1.79. The number of aromatic nitrogens is 1. The molecular formula is C20H18FN3O. The smallest absolute Gasteiger partial charge is 0.274 e. The highest BCUT2D eigenvalue weighted by molar-refractivity contribution is 6.03. The molecule has 0 unspecified atom stereocenters. The summed E-state index contributed by atoms with van der Waals surface area (Å²) in [7, 11) is 0. The van der Waals surface area contributed by atoms with Crippen molar-refractivity contribution in [3.05, 3.63) is 83.4 Å². The lowest BCUT2D eigenvalue weighted by atomic mass is 10.1. The van der Waals surface area contributed by atoms with Gasteiger partial charge in [-0.1, -0.05) is 18.2 Å². The van der Waals surface area contributed by atoms with Crippen LogP contribution in [0.5, 0.6) is 0 Å². The summed E-state index contributed by atoms with van der Waals surface area (Å²) < 4.78 is 13.2. The third-order valence-corrected chi connectivity index (χ3v) is 3.75. The van der Waals surface area contributed by atoms with Crippen molar-refractivity contribution in [3.63, 3.8) is 0 Å². The molecule has 1 aromatic heterocycles. The van der Waals surface area contributed by atoms with E-state index in [1.165, 1.54) is 18.2 Å². The Morgan fingerprint density at radius 3 is 2.64 bits per heavy atom. The van der Waals surface area contributed by atoms with Gasteiger partial charge in [0.2, 0.25) is 0 Å². The van der Waals surface area contributed by atoms with Gasteiger partial charge < -0.3 is 10.6 Å². The number of rotatable bonds is 4. The highest BCUT2D eigenvalue weighted by Gasteiger charge is 2.09. The van der Waals surface area contributed by atoms with Gasteiger partial charge >= 0.3 is 0 Å². The monoisotopic (exact) mass is 335 g/mol. The maximum absolute atomic E-state index is 13.2. The van der Waals surface area contributed by atoms with E-state index in [1.807, 2.05) is 32.0 Å². The molecule has 0 bridgehead atoms. The predicted octanol–water partition coefficient (Wildman–Crippen LogP) is 4.83. The Morgan fingerprint density at radius 2 is 1.84 bits per heavy atom. The zero-order valence-electron chi connectivity index (χ0n) is 14.0. The van der Waals surface area contributed by atoms with Crippen molar-refractivity contribution in [1.82, 2.24) is 4.98 Å². The van der Waals surface area contributed by atoms with Gasteiger partial charge in [0.05, 0.1) is 0 Å². The molecule has 25 heavy (non-hydrogen) atoms. The minimum atomic E-state index is -0.406. The van der Waals surface area contributed by atoms with Crippen LogP contribution in [-0.4, -0.2) is 10.9 Å². The molecule has 0 atom stereocenters. The lowest BCUT2D eigenvalue weighted by Crippen LogP contribution is -2.14. The third-order valence-electron chi connectivity index (χ3n) is 3.75. The van der Waals surface area contributed by atoms with Crippen molar-refractivity contribution in [2.24, 2.45) is 0 Å². The number of amides is 1. The van der Waals surface area contributed by atoms with Crippen LogP contribution in [0.1, 0.15) is 21.6 Å². The predicted molar refractivity (Wildman–Crippen MR) is 97.8 cm³/mol. The molecule has 126 valence electrons. The summed E-state index contributed by atoms with van der Waals surface area (Å²) in [6, 6.07) is 15.3. The quantitative estimate of drug-likeness (QED) is 0.718. The van der Waals surface area contributed by atoms with Crippen LogP contribution in [0.15, 0.2) is 60.8 Å². The number of nitrogens with one attached hydrogen (secondary N) is 2. The minimum Gasteiger partial charge on any atom is -0.355 e. The Labute approximate surface area is 145 Å². The van der Waals surface area contributed by atoms with E-state index in [4.69, 9.17) is 0 Å². The molecule has 3 rings (SSSR count). The average molecular weight is 335 g/mol. The number of halogens is 1. The molecule has 3 aromatic rings. The molecule has 1 amide bonds. The highest BCUT2D eigenvalue weighted by atomic mass is 19.1. The van der Waals surface area contributed by atoms with Crippen LogP contribution in [0.4, 0.5) is 21.5 Å². The first-order chi connectivity index (χ1) is 12.0. The van der Waals surface area contributed by atoms with E-state index in [9.17, 15) is 9.18 Å². The molecular weight excluding hydrogens is 317 g/mol. The first-order valence-corrected chi connectivity index (χ1v) is 7.88. The van der Waals surface area contributed by atoms with Crippen molar-refractivity contribution in [3.8, 4) is 0 Å². The van der Waals surface area contributed by atoms with E-state index in [-0.39, 0.29) is 5.69 Å². The Morgan fingerprint density at radius 1 is 1.00 bits per heavy atom. The van der Waals surface area contributed by atoms with Crippen LogP contribution in [0.3, 0.4) is 0 Å². The number of pyridine rings is 1. The van der Waals surface area contributed by atoms with Crippen LogP contribution in [0.2, 0.25) is 0 Å². The fourth-order valence-electron chi connectivity index (χ4n) is 2.42. The molecule has 1 heterocycles. The van der Waals surface area contributed by atoms with Crippen molar-refractivity contribution in [2.45, 2.75) is 13.8 Å². The molecule has 0 radical (unpaired) electrons. The fourth-order valence-corrected chi connectivity index (χ4v) is 2.42. The van der Waals surface area contributed by atoms with Gasteiger partial charge in [0.1, 0.15) is 11.5 Å². The van der Waals surface area contributed by atoms with Gasteiger partial charge in [-0.3, -0.25) is 9.78 Å². The maximum Gasteiger partial charge on any atom is 0.274 e. The minimum absolute atomic E-state index is 0.250. The number of hydrogen-bond donors (Lipinski definition) is 2. The Bertz CT molecular complexity index is 924. The van der Waals surface area contributed by atoms with E-state index in [1.54, 1.807) is 24.4 Å². The van der Waals surface area contributed by atoms with Crippen LogP contribution >= 0.6 is 0 Å². The molecule has 5 heteroatoms. The molecule has 0 aliphatic rings. The van der Waals surface area contributed by atoms with Crippen LogP contribution in [0.25, 0.3) is 0 Å². The van der Waals surface area contributed by atoms with E-state index < -0.39 is 11.7 Å². The first kappa shape index (κ1) is 16.6. The number of nitrogens with zero attached hydrogens (tertiary/aromatic N) is 1. The van der Waals surface area contributed by atoms with E-state index in [0.29, 0.717) is 5.69 Å². The number of carbonyl (C=O) groups excluding carboxylic acids is 1. The molecule has 2 N–H and O–H groups in total. The number of benzene rings is 2. The van der Waals surface area contributed by atoms with Crippen molar-refractivity contribution < 1.29 is 9.18 Å². The fraction of sp³-hybridized carbons (Fsp3) is 0.100. The first-order valence-electron chi connectivity index (χ1n) is 7.88. The molecule has 0 spiro atoms. The van der Waals surface area contributed by atoms with Gasteiger partial charge in [0.25, 0.3) is 5.91 Å². The van der Waals surface area contributed by atoms with E-state index in [0.717, 1.165) is 22.5 Å². The molecule has 0 aliphatic carbocycles. The number of carbonyl (C=O) groups is 1. The number of hydrogen-bond acceptors (Lipinski definition) is 3. The zero-order chi connectivity index (χ0) is 17.8. The molecule has 0 saturated heterocycles. The normalized spacial score (nSPS) is 10.4. The summed E-state index contributed by atoms with van der Waals surface area (Å²) in [5.74, 6) is -0.800. The van der Waals surface area contributed by atoms with E-state index >= 15 is 0 Å². The third kappa shape index (κ3) is 4.20. The number of anilines is 3. The summed E-state index contributed by atoms with van der Waals surface area (Å²) in [6.45, 7) is 4.04. The second kappa shape index (κ2) is 7.13. The second-order valence-corrected chi connectivity index (χ2v) is 5.84. The van der Waals surface area contributed by atoms with Crippen LogP contribution in [0, 0.1) is 19.7 Å². The Hall–Kier alpha value is -3.21. The summed E-state index contributed by atoms with van der Waals surface area (Å²) >= 11 is 0. The highest BCUT2D eigenvalue weighted by Crippen LogP contribution is 2.22. The summed E-state index contributed by atoms with van der Waals surface area (Å²) in [6.07, 6.45) is 1.56.